The Hall–Kier alpha value is -2.36. The van der Waals surface area contributed by atoms with Gasteiger partial charge in [0, 0.05) is 18.4 Å². The van der Waals surface area contributed by atoms with Gasteiger partial charge in [0.2, 0.25) is 10.8 Å². The molecule has 0 amide bonds. The van der Waals surface area contributed by atoms with Crippen molar-refractivity contribution in [2.45, 2.75) is 38.8 Å². The molecule has 9 heteroatoms. The van der Waals surface area contributed by atoms with Crippen molar-refractivity contribution in [2.75, 3.05) is 26.8 Å². The zero-order chi connectivity index (χ0) is 20.5. The number of nitrogens with one attached hydrogen (secondary N) is 1. The van der Waals surface area contributed by atoms with Gasteiger partial charge in [-0.05, 0) is 32.0 Å². The van der Waals surface area contributed by atoms with Gasteiger partial charge >= 0.3 is 0 Å². The number of aromatic hydroxyl groups is 1. The predicted octanol–water partition coefficient (Wildman–Crippen LogP) is 1.34. The summed E-state index contributed by atoms with van der Waals surface area (Å²) in [6.45, 7) is 5.93. The molecule has 3 N–H and O–H groups in total. The molecule has 0 saturated carbocycles. The zero-order valence-electron chi connectivity index (χ0n) is 16.9. The summed E-state index contributed by atoms with van der Waals surface area (Å²) in [4.78, 5) is 7.20. The van der Waals surface area contributed by atoms with Crippen molar-refractivity contribution in [3.05, 3.63) is 34.5 Å². The van der Waals surface area contributed by atoms with Gasteiger partial charge in [-0.2, -0.15) is 4.52 Å². The molecule has 1 aliphatic rings. The molecule has 0 radical (unpaired) electrons. The molecule has 1 aromatic carbocycles. The quantitative estimate of drug-likeness (QED) is 0.558. The van der Waals surface area contributed by atoms with Gasteiger partial charge in [-0.1, -0.05) is 11.3 Å². The van der Waals surface area contributed by atoms with Crippen molar-refractivity contribution in [3.8, 4) is 17.4 Å². The van der Waals surface area contributed by atoms with E-state index < -0.39 is 0 Å². The number of piperidine rings is 1. The van der Waals surface area contributed by atoms with Gasteiger partial charge in [-0.3, -0.25) is 0 Å². The van der Waals surface area contributed by atoms with E-state index in [0.717, 1.165) is 36.4 Å². The van der Waals surface area contributed by atoms with Gasteiger partial charge in [-0.25, -0.2) is 4.98 Å². The smallest absolute Gasteiger partial charge is 0.235 e. The molecule has 156 valence electrons. The third-order valence-corrected chi connectivity index (χ3v) is 6.48. The van der Waals surface area contributed by atoms with Crippen LogP contribution in [0.25, 0.3) is 4.96 Å². The van der Waals surface area contributed by atoms with Crippen LogP contribution in [0.3, 0.4) is 0 Å². The summed E-state index contributed by atoms with van der Waals surface area (Å²) in [5.41, 5.74) is 1.02. The highest BCUT2D eigenvalue weighted by atomic mass is 32.1. The van der Waals surface area contributed by atoms with Crippen LogP contribution in [-0.2, 0) is 0 Å². The Labute approximate surface area is 173 Å². The number of aliphatic hydroxyl groups is 1. The van der Waals surface area contributed by atoms with E-state index in [-0.39, 0.29) is 18.0 Å². The number of aryl methyl sites for hydroxylation is 1. The van der Waals surface area contributed by atoms with E-state index in [1.54, 1.807) is 7.11 Å². The molecule has 3 heterocycles. The van der Waals surface area contributed by atoms with Gasteiger partial charge in [0.15, 0.2) is 17.5 Å². The number of rotatable bonds is 6. The van der Waals surface area contributed by atoms with Gasteiger partial charge in [-0.15, -0.1) is 5.10 Å². The lowest BCUT2D eigenvalue weighted by Gasteiger charge is -2.33. The standard InChI is InChI=1S/C20H26N4O4S/c1-4-28-15-6-5-13(11-16(15)27-3)17(23-9-7-14(25)8-10-23)18-19(26)24-20(29-18)21-12(2)22-24/h5-6,11,14,17,25-26H,4,7-10H2,1-3H3/p+1/t17-/m1/s1. The van der Waals surface area contributed by atoms with Crippen molar-refractivity contribution in [1.82, 2.24) is 14.6 Å². The molecule has 1 fully saturated rings. The number of benzene rings is 1. The van der Waals surface area contributed by atoms with Crippen LogP contribution >= 0.6 is 11.3 Å². The highest BCUT2D eigenvalue weighted by Crippen LogP contribution is 2.38. The molecule has 29 heavy (non-hydrogen) atoms. The lowest BCUT2D eigenvalue weighted by atomic mass is 9.99. The molecule has 3 aromatic rings. The molecule has 8 nitrogen and oxygen atoms in total. The SMILES string of the molecule is CCOc1ccc([C@H](c2sc3nc(C)nn3c2O)[NH+]2CCC(O)CC2)cc1OC. The minimum absolute atomic E-state index is 0.110. The molecule has 0 spiro atoms. The summed E-state index contributed by atoms with van der Waals surface area (Å²) in [6, 6.07) is 5.81. The number of fused-ring (bicyclic) bond motifs is 1. The maximum absolute atomic E-state index is 10.9. The molecule has 1 atom stereocenters. The fourth-order valence-electron chi connectivity index (χ4n) is 4.01. The molecule has 0 unspecified atom stereocenters. The van der Waals surface area contributed by atoms with Crippen LogP contribution in [0.1, 0.15) is 42.1 Å². The van der Waals surface area contributed by atoms with Crippen LogP contribution in [0, 0.1) is 6.92 Å². The normalized spacial score (nSPS) is 20.7. The van der Waals surface area contributed by atoms with Crippen molar-refractivity contribution in [2.24, 2.45) is 0 Å². The van der Waals surface area contributed by atoms with Gasteiger partial charge in [0.1, 0.15) is 10.7 Å². The van der Waals surface area contributed by atoms with Crippen LogP contribution in [0.4, 0.5) is 0 Å². The lowest BCUT2D eigenvalue weighted by Crippen LogP contribution is -3.13. The number of nitrogens with zero attached hydrogens (tertiary/aromatic N) is 3. The second kappa shape index (κ2) is 8.17. The highest BCUT2D eigenvalue weighted by Gasteiger charge is 2.35. The van der Waals surface area contributed by atoms with Gasteiger partial charge in [0.25, 0.3) is 0 Å². The van der Waals surface area contributed by atoms with E-state index >= 15 is 0 Å². The second-order valence-electron chi connectivity index (χ2n) is 7.31. The molecule has 1 aliphatic heterocycles. The summed E-state index contributed by atoms with van der Waals surface area (Å²) in [5.74, 6) is 2.12. The van der Waals surface area contributed by atoms with E-state index in [1.807, 2.05) is 32.0 Å². The number of likely N-dealkylation sites (tertiary alicyclic amines) is 1. The largest absolute Gasteiger partial charge is 0.493 e. The number of ether oxygens (including phenoxy) is 2. The summed E-state index contributed by atoms with van der Waals surface area (Å²) >= 11 is 1.45. The van der Waals surface area contributed by atoms with Crippen molar-refractivity contribution in [3.63, 3.8) is 0 Å². The number of aliphatic hydroxyl groups excluding tert-OH is 1. The van der Waals surface area contributed by atoms with E-state index in [2.05, 4.69) is 10.1 Å². The molecular weight excluding hydrogens is 392 g/mol. The van der Waals surface area contributed by atoms with Crippen molar-refractivity contribution >= 4 is 16.3 Å². The van der Waals surface area contributed by atoms with Crippen LogP contribution in [0.2, 0.25) is 0 Å². The van der Waals surface area contributed by atoms with Crippen molar-refractivity contribution in [1.29, 1.82) is 0 Å². The first-order chi connectivity index (χ1) is 14.0. The number of aromatic nitrogens is 3. The summed E-state index contributed by atoms with van der Waals surface area (Å²) in [5, 5.41) is 25.2. The number of hydrogen-bond donors (Lipinski definition) is 3. The average Bonchev–Trinajstić information content (AvgIpc) is 3.22. The Kier molecular flexibility index (Phi) is 5.62. The molecule has 2 aromatic heterocycles. The summed E-state index contributed by atoms with van der Waals surface area (Å²) in [7, 11) is 1.63. The first kappa shape index (κ1) is 19.9. The molecule has 0 aliphatic carbocycles. The highest BCUT2D eigenvalue weighted by molar-refractivity contribution is 7.17. The lowest BCUT2D eigenvalue weighted by molar-refractivity contribution is -0.931. The van der Waals surface area contributed by atoms with Crippen LogP contribution in [-0.4, -0.2) is 57.7 Å². The minimum atomic E-state index is -0.257. The van der Waals surface area contributed by atoms with Crippen LogP contribution in [0.15, 0.2) is 18.2 Å². The zero-order valence-corrected chi connectivity index (χ0v) is 17.7. The molecule has 0 bridgehead atoms. The van der Waals surface area contributed by atoms with Crippen LogP contribution < -0.4 is 14.4 Å². The Morgan fingerprint density at radius 3 is 2.72 bits per heavy atom. The fourth-order valence-corrected chi connectivity index (χ4v) is 5.20. The fraction of sp³-hybridized carbons (Fsp3) is 0.500. The summed E-state index contributed by atoms with van der Waals surface area (Å²) < 4.78 is 12.7. The molecular formula is C20H27N4O4S+. The molecule has 4 rings (SSSR count). The average molecular weight is 420 g/mol. The van der Waals surface area contributed by atoms with Gasteiger partial charge in [0.05, 0.1) is 32.9 Å². The maximum Gasteiger partial charge on any atom is 0.235 e. The Morgan fingerprint density at radius 2 is 2.07 bits per heavy atom. The summed E-state index contributed by atoms with van der Waals surface area (Å²) in [6.07, 6.45) is 1.22. The van der Waals surface area contributed by atoms with E-state index in [4.69, 9.17) is 9.47 Å². The van der Waals surface area contributed by atoms with Crippen LogP contribution in [0.5, 0.6) is 17.4 Å². The molecule has 1 saturated heterocycles. The Bertz CT molecular complexity index is 994. The predicted molar refractivity (Wildman–Crippen MR) is 109 cm³/mol. The monoisotopic (exact) mass is 419 g/mol. The maximum atomic E-state index is 10.9. The number of thiazole rings is 1. The number of quaternary nitrogens is 1. The first-order valence-electron chi connectivity index (χ1n) is 9.90. The van der Waals surface area contributed by atoms with E-state index in [1.165, 1.54) is 20.8 Å². The van der Waals surface area contributed by atoms with E-state index in [0.29, 0.717) is 28.9 Å². The topological polar surface area (TPSA) is 93.6 Å². The third kappa shape index (κ3) is 3.77. The van der Waals surface area contributed by atoms with E-state index in [9.17, 15) is 10.2 Å². The Morgan fingerprint density at radius 1 is 1.31 bits per heavy atom. The third-order valence-electron chi connectivity index (χ3n) is 5.39. The van der Waals surface area contributed by atoms with Gasteiger partial charge < -0.3 is 24.6 Å². The Balaban J connectivity index is 1.80. The number of hydrogen-bond acceptors (Lipinski definition) is 7. The van der Waals surface area contributed by atoms with Crippen molar-refractivity contribution < 1.29 is 24.6 Å². The first-order valence-corrected chi connectivity index (χ1v) is 10.7. The minimum Gasteiger partial charge on any atom is -0.493 e. The number of methoxy groups -OCH3 is 1. The second-order valence-corrected chi connectivity index (χ2v) is 8.32.